The van der Waals surface area contributed by atoms with Gasteiger partial charge in [0.15, 0.2) is 0 Å². The Hall–Kier alpha value is -2.45. The standard InChI is InChI=1S/C10H14N4O5/c1-2-3-7(10(16)17)11-9(15)6-13-5-4-8(12-13)14(18)19/h4-5,7H,2-3,6H2,1H3,(H,11,15)(H,16,17)/t7-/m0/s1. The minimum Gasteiger partial charge on any atom is -0.480 e. The van der Waals surface area contributed by atoms with E-state index in [1.807, 2.05) is 0 Å². The van der Waals surface area contributed by atoms with Gasteiger partial charge in [-0.1, -0.05) is 13.3 Å². The zero-order valence-corrected chi connectivity index (χ0v) is 10.3. The van der Waals surface area contributed by atoms with Crippen LogP contribution in [0.3, 0.4) is 0 Å². The monoisotopic (exact) mass is 270 g/mol. The molecule has 1 amide bonds. The van der Waals surface area contributed by atoms with E-state index in [-0.39, 0.29) is 12.4 Å². The second-order valence-corrected chi connectivity index (χ2v) is 3.88. The summed E-state index contributed by atoms with van der Waals surface area (Å²) in [6, 6.07) is 0.205. The van der Waals surface area contributed by atoms with Gasteiger partial charge in [0.2, 0.25) is 5.91 Å². The Labute approximate surface area is 108 Å². The number of aliphatic carboxylic acids is 1. The molecule has 0 bridgehead atoms. The largest absolute Gasteiger partial charge is 0.480 e. The van der Waals surface area contributed by atoms with E-state index in [9.17, 15) is 19.7 Å². The molecule has 2 N–H and O–H groups in total. The first kappa shape index (κ1) is 14.6. The van der Waals surface area contributed by atoms with Crippen LogP contribution in [0.2, 0.25) is 0 Å². The van der Waals surface area contributed by atoms with Crippen molar-refractivity contribution in [2.75, 3.05) is 0 Å². The van der Waals surface area contributed by atoms with Gasteiger partial charge in [0.1, 0.15) is 12.6 Å². The van der Waals surface area contributed by atoms with Crippen molar-refractivity contribution < 1.29 is 19.6 Å². The van der Waals surface area contributed by atoms with Gasteiger partial charge in [-0.25, -0.2) is 4.79 Å². The lowest BCUT2D eigenvalue weighted by Crippen LogP contribution is -2.42. The number of nitrogens with zero attached hydrogens (tertiary/aromatic N) is 3. The highest BCUT2D eigenvalue weighted by molar-refractivity contribution is 5.83. The third-order valence-corrected chi connectivity index (χ3v) is 2.33. The van der Waals surface area contributed by atoms with Crippen LogP contribution in [0.5, 0.6) is 0 Å². The summed E-state index contributed by atoms with van der Waals surface area (Å²) < 4.78 is 1.08. The second kappa shape index (κ2) is 6.47. The molecule has 9 nitrogen and oxygen atoms in total. The van der Waals surface area contributed by atoms with Crippen molar-refractivity contribution in [1.29, 1.82) is 0 Å². The van der Waals surface area contributed by atoms with Gasteiger partial charge in [-0.2, -0.15) is 4.68 Å². The van der Waals surface area contributed by atoms with Crippen molar-refractivity contribution in [3.63, 3.8) is 0 Å². The lowest BCUT2D eigenvalue weighted by molar-refractivity contribution is -0.389. The fourth-order valence-electron chi connectivity index (χ4n) is 1.47. The molecular formula is C10H14N4O5. The molecule has 0 fully saturated rings. The van der Waals surface area contributed by atoms with Gasteiger partial charge >= 0.3 is 11.8 Å². The highest BCUT2D eigenvalue weighted by Crippen LogP contribution is 2.05. The number of hydrogen-bond donors (Lipinski definition) is 2. The number of rotatable bonds is 7. The molecule has 0 saturated heterocycles. The molecule has 0 saturated carbocycles. The first-order valence-electron chi connectivity index (χ1n) is 5.64. The van der Waals surface area contributed by atoms with Crippen LogP contribution in [0.4, 0.5) is 5.82 Å². The highest BCUT2D eigenvalue weighted by Gasteiger charge is 2.20. The van der Waals surface area contributed by atoms with Gasteiger partial charge in [0, 0.05) is 0 Å². The van der Waals surface area contributed by atoms with Gasteiger partial charge in [-0.05, 0) is 11.3 Å². The van der Waals surface area contributed by atoms with Crippen molar-refractivity contribution in [3.05, 3.63) is 22.4 Å². The molecule has 1 atom stereocenters. The number of aromatic nitrogens is 2. The highest BCUT2D eigenvalue weighted by atomic mass is 16.6. The van der Waals surface area contributed by atoms with E-state index in [0.717, 1.165) is 10.7 Å². The molecule has 0 aliphatic carbocycles. The van der Waals surface area contributed by atoms with E-state index in [4.69, 9.17) is 5.11 Å². The molecular weight excluding hydrogens is 256 g/mol. The van der Waals surface area contributed by atoms with Crippen LogP contribution < -0.4 is 5.32 Å². The average molecular weight is 270 g/mol. The third kappa shape index (κ3) is 4.37. The topological polar surface area (TPSA) is 127 Å². The fourth-order valence-corrected chi connectivity index (χ4v) is 1.47. The Morgan fingerprint density at radius 3 is 2.79 bits per heavy atom. The van der Waals surface area contributed by atoms with Crippen LogP contribution in [0.15, 0.2) is 12.3 Å². The van der Waals surface area contributed by atoms with Crippen molar-refractivity contribution in [2.45, 2.75) is 32.4 Å². The Bertz CT molecular complexity index is 484. The summed E-state index contributed by atoms with van der Waals surface area (Å²) in [5, 5.41) is 25.2. The maximum absolute atomic E-state index is 11.6. The molecule has 104 valence electrons. The zero-order valence-electron chi connectivity index (χ0n) is 10.3. The summed E-state index contributed by atoms with van der Waals surface area (Å²) in [7, 11) is 0. The molecule has 1 rings (SSSR count). The van der Waals surface area contributed by atoms with E-state index < -0.39 is 22.8 Å². The lowest BCUT2D eigenvalue weighted by atomic mass is 10.1. The van der Waals surface area contributed by atoms with E-state index in [1.165, 1.54) is 6.20 Å². The van der Waals surface area contributed by atoms with Crippen LogP contribution in [0.25, 0.3) is 0 Å². The van der Waals surface area contributed by atoms with E-state index in [0.29, 0.717) is 12.8 Å². The van der Waals surface area contributed by atoms with E-state index in [2.05, 4.69) is 10.4 Å². The third-order valence-electron chi connectivity index (χ3n) is 2.33. The summed E-state index contributed by atoms with van der Waals surface area (Å²) in [5.74, 6) is -2.03. The number of carbonyl (C=O) groups excluding carboxylic acids is 1. The minimum atomic E-state index is -1.11. The smallest absolute Gasteiger partial charge is 0.389 e. The molecule has 0 aromatic carbocycles. The second-order valence-electron chi connectivity index (χ2n) is 3.88. The maximum Gasteiger partial charge on any atom is 0.389 e. The molecule has 0 unspecified atom stereocenters. The lowest BCUT2D eigenvalue weighted by Gasteiger charge is -2.12. The van der Waals surface area contributed by atoms with Crippen molar-refractivity contribution in [2.24, 2.45) is 0 Å². The molecule has 1 aromatic heterocycles. The number of nitrogens with one attached hydrogen (secondary N) is 1. The number of carboxylic acid groups (broad SMARTS) is 1. The Balaban J connectivity index is 2.58. The maximum atomic E-state index is 11.6. The van der Waals surface area contributed by atoms with Gasteiger partial charge in [-0.3, -0.25) is 4.79 Å². The van der Waals surface area contributed by atoms with Crippen molar-refractivity contribution >= 4 is 17.7 Å². The summed E-state index contributed by atoms with van der Waals surface area (Å²) in [6.45, 7) is 1.54. The zero-order chi connectivity index (χ0) is 14.4. The molecule has 0 aliphatic heterocycles. The predicted octanol–water partition coefficient (Wildman–Crippen LogP) is 0.161. The van der Waals surface area contributed by atoms with Crippen LogP contribution in [0, 0.1) is 10.1 Å². The number of hydrogen-bond acceptors (Lipinski definition) is 5. The van der Waals surface area contributed by atoms with Crippen LogP contribution in [0.1, 0.15) is 19.8 Å². The SMILES string of the molecule is CCC[C@H](NC(=O)Cn1ccc([N+](=O)[O-])n1)C(=O)O. The first-order chi connectivity index (χ1) is 8.93. The van der Waals surface area contributed by atoms with Crippen LogP contribution >= 0.6 is 0 Å². The summed E-state index contributed by atoms with van der Waals surface area (Å²) >= 11 is 0. The van der Waals surface area contributed by atoms with Crippen molar-refractivity contribution in [1.82, 2.24) is 15.1 Å². The molecule has 0 radical (unpaired) electrons. The van der Waals surface area contributed by atoms with E-state index in [1.54, 1.807) is 6.92 Å². The molecule has 0 spiro atoms. The average Bonchev–Trinajstić information content (AvgIpc) is 2.76. The Kier molecular flexibility index (Phi) is 4.98. The summed E-state index contributed by atoms with van der Waals surface area (Å²) in [4.78, 5) is 32.1. The quantitative estimate of drug-likeness (QED) is 0.536. The first-order valence-corrected chi connectivity index (χ1v) is 5.64. The molecule has 1 aromatic rings. The van der Waals surface area contributed by atoms with Crippen LogP contribution in [-0.4, -0.2) is 37.7 Å². The molecule has 19 heavy (non-hydrogen) atoms. The fraction of sp³-hybridized carbons (Fsp3) is 0.500. The number of amides is 1. The van der Waals surface area contributed by atoms with Gasteiger partial charge < -0.3 is 20.5 Å². The molecule has 1 heterocycles. The van der Waals surface area contributed by atoms with Gasteiger partial charge in [-0.15, -0.1) is 0 Å². The predicted molar refractivity (Wildman–Crippen MR) is 63.4 cm³/mol. The number of carbonyl (C=O) groups is 2. The minimum absolute atomic E-state index is 0.263. The summed E-state index contributed by atoms with van der Waals surface area (Å²) in [5.41, 5.74) is 0. The van der Waals surface area contributed by atoms with Gasteiger partial charge in [0.05, 0.1) is 17.4 Å². The van der Waals surface area contributed by atoms with Crippen molar-refractivity contribution in [3.8, 4) is 0 Å². The Morgan fingerprint density at radius 1 is 1.63 bits per heavy atom. The Morgan fingerprint density at radius 2 is 2.32 bits per heavy atom. The summed E-state index contributed by atoms with van der Waals surface area (Å²) in [6.07, 6.45) is 2.22. The molecule has 9 heteroatoms. The van der Waals surface area contributed by atoms with E-state index >= 15 is 0 Å². The number of carboxylic acids is 1. The molecule has 0 aliphatic rings. The van der Waals surface area contributed by atoms with Gasteiger partial charge in [0.25, 0.3) is 0 Å². The van der Waals surface area contributed by atoms with Crippen LogP contribution in [-0.2, 0) is 16.1 Å². The normalized spacial score (nSPS) is 11.8. The number of nitro groups is 1.